The zero-order chi connectivity index (χ0) is 14.6. The van der Waals surface area contributed by atoms with Crippen LogP contribution < -0.4 is 10.6 Å². The highest BCUT2D eigenvalue weighted by atomic mass is 19.1. The van der Waals surface area contributed by atoms with Gasteiger partial charge in [0.15, 0.2) is 11.6 Å². The van der Waals surface area contributed by atoms with Gasteiger partial charge >= 0.3 is 0 Å². The molecule has 1 aromatic rings. The summed E-state index contributed by atoms with van der Waals surface area (Å²) in [5.41, 5.74) is 0. The van der Waals surface area contributed by atoms with Gasteiger partial charge in [0.25, 0.3) is 0 Å². The van der Waals surface area contributed by atoms with Crippen molar-refractivity contribution in [3.05, 3.63) is 12.0 Å². The lowest BCUT2D eigenvalue weighted by atomic mass is 10.1. The Balaban J connectivity index is 2.09. The van der Waals surface area contributed by atoms with Crippen LogP contribution in [0.15, 0.2) is 6.20 Å². The molecule has 0 saturated carbocycles. The van der Waals surface area contributed by atoms with E-state index in [1.54, 1.807) is 7.05 Å². The van der Waals surface area contributed by atoms with E-state index in [9.17, 15) is 4.39 Å². The van der Waals surface area contributed by atoms with Gasteiger partial charge in [-0.3, -0.25) is 0 Å². The van der Waals surface area contributed by atoms with Gasteiger partial charge in [0, 0.05) is 13.6 Å². The first-order valence-electron chi connectivity index (χ1n) is 7.72. The summed E-state index contributed by atoms with van der Waals surface area (Å²) in [6.45, 7) is 2.99. The van der Waals surface area contributed by atoms with Crippen LogP contribution in [0, 0.1) is 5.82 Å². The van der Waals surface area contributed by atoms with Crippen molar-refractivity contribution in [2.75, 3.05) is 24.2 Å². The molecule has 4 nitrogen and oxygen atoms in total. The van der Waals surface area contributed by atoms with Crippen molar-refractivity contribution in [1.82, 2.24) is 9.97 Å². The van der Waals surface area contributed by atoms with E-state index in [0.717, 1.165) is 13.0 Å². The number of hydrogen-bond acceptors (Lipinski definition) is 4. The largest absolute Gasteiger partial charge is 0.367 e. The molecule has 0 spiro atoms. The number of halogens is 1. The molecule has 0 amide bonds. The average molecular weight is 282 g/mol. The number of unbranched alkanes of at least 4 members (excludes halogenated alkanes) is 7. The number of nitrogens with zero attached hydrogens (tertiary/aromatic N) is 2. The predicted molar refractivity (Wildman–Crippen MR) is 82.6 cm³/mol. The van der Waals surface area contributed by atoms with Gasteiger partial charge in [-0.2, -0.15) is 4.98 Å². The smallest absolute Gasteiger partial charge is 0.224 e. The molecule has 0 bridgehead atoms. The predicted octanol–water partition coefficient (Wildman–Crippen LogP) is 4.21. The van der Waals surface area contributed by atoms with Crippen LogP contribution >= 0.6 is 0 Å². The van der Waals surface area contributed by atoms with E-state index in [0.29, 0.717) is 5.95 Å². The highest BCUT2D eigenvalue weighted by molar-refractivity contribution is 5.40. The maximum absolute atomic E-state index is 13.4. The molecule has 0 aliphatic rings. The first-order valence-corrected chi connectivity index (χ1v) is 7.72. The third-order valence-electron chi connectivity index (χ3n) is 3.29. The van der Waals surface area contributed by atoms with Gasteiger partial charge in [-0.25, -0.2) is 9.37 Å². The third-order valence-corrected chi connectivity index (χ3v) is 3.29. The Morgan fingerprint density at radius 1 is 1.05 bits per heavy atom. The Bertz CT molecular complexity index is 371. The summed E-state index contributed by atoms with van der Waals surface area (Å²) in [5.74, 6) is 0.320. The van der Waals surface area contributed by atoms with Crippen LogP contribution in [0.3, 0.4) is 0 Å². The summed E-state index contributed by atoms with van der Waals surface area (Å²) >= 11 is 0. The van der Waals surface area contributed by atoms with E-state index >= 15 is 0 Å². The van der Waals surface area contributed by atoms with Crippen LogP contribution in [0.25, 0.3) is 0 Å². The van der Waals surface area contributed by atoms with Gasteiger partial charge in [0.1, 0.15) is 0 Å². The average Bonchev–Trinajstić information content (AvgIpc) is 2.47. The summed E-state index contributed by atoms with van der Waals surface area (Å²) in [6, 6.07) is 0. The first-order chi connectivity index (χ1) is 9.77. The quantitative estimate of drug-likeness (QED) is 0.597. The molecular weight excluding hydrogens is 255 g/mol. The van der Waals surface area contributed by atoms with Gasteiger partial charge in [-0.15, -0.1) is 0 Å². The van der Waals surface area contributed by atoms with Crippen molar-refractivity contribution < 1.29 is 4.39 Å². The van der Waals surface area contributed by atoms with Crippen LogP contribution in [0.5, 0.6) is 0 Å². The Labute approximate surface area is 121 Å². The number of nitrogens with one attached hydrogen (secondary N) is 2. The van der Waals surface area contributed by atoms with Crippen molar-refractivity contribution >= 4 is 11.8 Å². The molecule has 0 saturated heterocycles. The molecule has 1 rings (SSSR count). The van der Waals surface area contributed by atoms with Crippen LogP contribution in [-0.2, 0) is 0 Å². The van der Waals surface area contributed by atoms with Crippen molar-refractivity contribution in [3.63, 3.8) is 0 Å². The second-order valence-electron chi connectivity index (χ2n) is 5.04. The molecule has 0 unspecified atom stereocenters. The molecule has 1 heterocycles. The van der Waals surface area contributed by atoms with E-state index in [-0.39, 0.29) is 5.82 Å². The highest BCUT2D eigenvalue weighted by Gasteiger charge is 2.04. The zero-order valence-electron chi connectivity index (χ0n) is 12.7. The van der Waals surface area contributed by atoms with E-state index in [1.165, 1.54) is 51.1 Å². The fourth-order valence-electron chi connectivity index (χ4n) is 2.08. The summed E-state index contributed by atoms with van der Waals surface area (Å²) in [5, 5.41) is 5.83. The number of anilines is 2. The minimum absolute atomic E-state index is 0.285. The topological polar surface area (TPSA) is 49.8 Å². The molecule has 0 radical (unpaired) electrons. The van der Waals surface area contributed by atoms with Gasteiger partial charge in [-0.1, -0.05) is 51.9 Å². The lowest BCUT2D eigenvalue weighted by Crippen LogP contribution is -2.08. The van der Waals surface area contributed by atoms with Gasteiger partial charge in [0.2, 0.25) is 5.95 Å². The zero-order valence-corrected chi connectivity index (χ0v) is 12.7. The first kappa shape index (κ1) is 16.7. The number of hydrogen-bond donors (Lipinski definition) is 2. The maximum Gasteiger partial charge on any atom is 0.224 e. The second-order valence-corrected chi connectivity index (χ2v) is 5.04. The lowest BCUT2D eigenvalue weighted by Gasteiger charge is -2.07. The van der Waals surface area contributed by atoms with Crippen molar-refractivity contribution in [3.8, 4) is 0 Å². The SMILES string of the molecule is CCCCCCCCCCNc1nc(NC)ncc1F. The van der Waals surface area contributed by atoms with E-state index in [4.69, 9.17) is 0 Å². The van der Waals surface area contributed by atoms with E-state index in [1.807, 2.05) is 0 Å². The van der Waals surface area contributed by atoms with Gasteiger partial charge in [-0.05, 0) is 6.42 Å². The Hall–Kier alpha value is -1.39. The van der Waals surface area contributed by atoms with Crippen LogP contribution in [-0.4, -0.2) is 23.6 Å². The molecule has 0 fully saturated rings. The molecule has 0 atom stereocenters. The fraction of sp³-hybridized carbons (Fsp3) is 0.733. The summed E-state index contributed by atoms with van der Waals surface area (Å²) < 4.78 is 13.4. The molecule has 0 aliphatic carbocycles. The molecule has 5 heteroatoms. The molecule has 114 valence electrons. The van der Waals surface area contributed by atoms with Crippen molar-refractivity contribution in [1.29, 1.82) is 0 Å². The van der Waals surface area contributed by atoms with Crippen molar-refractivity contribution in [2.24, 2.45) is 0 Å². The van der Waals surface area contributed by atoms with Crippen LogP contribution in [0.4, 0.5) is 16.2 Å². The number of aromatic nitrogens is 2. The molecule has 1 aromatic heterocycles. The van der Waals surface area contributed by atoms with Crippen molar-refractivity contribution in [2.45, 2.75) is 58.3 Å². The lowest BCUT2D eigenvalue weighted by molar-refractivity contribution is 0.579. The third kappa shape index (κ3) is 6.68. The second kappa shape index (κ2) is 10.4. The Morgan fingerprint density at radius 3 is 2.35 bits per heavy atom. The summed E-state index contributed by atoms with van der Waals surface area (Å²) in [7, 11) is 1.72. The van der Waals surface area contributed by atoms with Gasteiger partial charge < -0.3 is 10.6 Å². The molecule has 0 aliphatic heterocycles. The standard InChI is InChI=1S/C15H27FN4/c1-3-4-5-6-7-8-9-10-11-18-14-13(16)12-19-15(17-2)20-14/h12H,3-11H2,1-2H3,(H2,17,18,19,20). The monoisotopic (exact) mass is 282 g/mol. The normalized spacial score (nSPS) is 10.6. The fourth-order valence-corrected chi connectivity index (χ4v) is 2.08. The summed E-state index contributed by atoms with van der Waals surface area (Å²) in [6.07, 6.45) is 11.3. The number of rotatable bonds is 11. The Kier molecular flexibility index (Phi) is 8.67. The minimum atomic E-state index is -0.399. The molecule has 20 heavy (non-hydrogen) atoms. The Morgan fingerprint density at radius 2 is 1.70 bits per heavy atom. The van der Waals surface area contributed by atoms with Crippen LogP contribution in [0.2, 0.25) is 0 Å². The molecule has 0 aromatic carbocycles. The van der Waals surface area contributed by atoms with E-state index in [2.05, 4.69) is 27.5 Å². The molecular formula is C15H27FN4. The minimum Gasteiger partial charge on any atom is -0.367 e. The summed E-state index contributed by atoms with van der Waals surface area (Å²) in [4.78, 5) is 7.86. The highest BCUT2D eigenvalue weighted by Crippen LogP contribution is 2.12. The van der Waals surface area contributed by atoms with Gasteiger partial charge in [0.05, 0.1) is 6.20 Å². The van der Waals surface area contributed by atoms with Crippen LogP contribution in [0.1, 0.15) is 58.3 Å². The maximum atomic E-state index is 13.4. The molecule has 2 N–H and O–H groups in total. The van der Waals surface area contributed by atoms with E-state index < -0.39 is 5.82 Å².